The largest absolute Gasteiger partial charge is 0.490 e. The van der Waals surface area contributed by atoms with E-state index in [1.807, 2.05) is 6.92 Å². The molecule has 0 saturated carbocycles. The first-order valence-electron chi connectivity index (χ1n) is 10.9. The predicted molar refractivity (Wildman–Crippen MR) is 144 cm³/mol. The molecule has 1 heterocycles. The Hall–Kier alpha value is -4.29. The van der Waals surface area contributed by atoms with Gasteiger partial charge in [-0.05, 0) is 60.5 Å². The number of non-ortho nitro benzene ring substituents is 2. The number of thiocarbonyl (C=S) groups is 1. The molecule has 1 amide bonds. The highest BCUT2D eigenvalue weighted by Gasteiger charge is 2.33. The third kappa shape index (κ3) is 5.93. The molecule has 0 radical (unpaired) electrons. The van der Waals surface area contributed by atoms with E-state index in [4.69, 9.17) is 21.7 Å². The van der Waals surface area contributed by atoms with Crippen molar-refractivity contribution >= 4 is 57.3 Å². The molecule has 10 nitrogen and oxygen atoms in total. The van der Waals surface area contributed by atoms with Crippen molar-refractivity contribution in [2.24, 2.45) is 0 Å². The minimum Gasteiger partial charge on any atom is -0.490 e. The van der Waals surface area contributed by atoms with Gasteiger partial charge in [-0.2, -0.15) is 0 Å². The lowest BCUT2D eigenvalue weighted by Gasteiger charge is -2.14. The van der Waals surface area contributed by atoms with Crippen molar-refractivity contribution in [3.05, 3.63) is 103 Å². The molecule has 0 aromatic heterocycles. The molecule has 0 atom stereocenters. The number of carbonyl (C=O) groups excluding carboxylic acids is 1. The highest BCUT2D eigenvalue weighted by Crippen LogP contribution is 2.38. The number of rotatable bonds is 9. The molecule has 12 heteroatoms. The first-order valence-corrected chi connectivity index (χ1v) is 12.1. The van der Waals surface area contributed by atoms with Crippen LogP contribution in [0.3, 0.4) is 0 Å². The maximum Gasteiger partial charge on any atom is 0.270 e. The van der Waals surface area contributed by atoms with Crippen molar-refractivity contribution < 1.29 is 24.1 Å². The number of nitrogens with zero attached hydrogens (tertiary/aromatic N) is 3. The van der Waals surface area contributed by atoms with E-state index in [1.165, 1.54) is 41.3 Å². The summed E-state index contributed by atoms with van der Waals surface area (Å²) in [5.41, 5.74) is 1.81. The lowest BCUT2D eigenvalue weighted by Crippen LogP contribution is -2.27. The Morgan fingerprint density at radius 3 is 2.14 bits per heavy atom. The normalized spacial score (nSPS) is 14.2. The molecule has 0 aliphatic carbocycles. The van der Waals surface area contributed by atoms with Crippen LogP contribution in [0.15, 0.2) is 71.6 Å². The van der Waals surface area contributed by atoms with Crippen LogP contribution < -0.4 is 14.4 Å². The van der Waals surface area contributed by atoms with Crippen LogP contribution in [0.4, 0.5) is 17.1 Å². The van der Waals surface area contributed by atoms with Crippen molar-refractivity contribution in [2.75, 3.05) is 11.5 Å². The van der Waals surface area contributed by atoms with Crippen LogP contribution in [-0.2, 0) is 11.4 Å². The smallest absolute Gasteiger partial charge is 0.270 e. The van der Waals surface area contributed by atoms with Crippen LogP contribution >= 0.6 is 24.0 Å². The van der Waals surface area contributed by atoms with E-state index < -0.39 is 9.85 Å². The Bertz CT molecular complexity index is 1410. The average Bonchev–Trinajstić information content (AvgIpc) is 3.16. The molecule has 1 fully saturated rings. The first kappa shape index (κ1) is 25.8. The minimum atomic E-state index is -0.511. The Kier molecular flexibility index (Phi) is 7.80. The Morgan fingerprint density at radius 1 is 0.919 bits per heavy atom. The molecule has 3 aromatic carbocycles. The summed E-state index contributed by atoms with van der Waals surface area (Å²) in [4.78, 5) is 35.5. The van der Waals surface area contributed by atoms with Gasteiger partial charge in [0.2, 0.25) is 0 Å². The van der Waals surface area contributed by atoms with Gasteiger partial charge in [0.1, 0.15) is 6.61 Å². The summed E-state index contributed by atoms with van der Waals surface area (Å²) in [6.45, 7) is 2.41. The highest BCUT2D eigenvalue weighted by atomic mass is 32.2. The molecule has 0 spiro atoms. The fourth-order valence-electron chi connectivity index (χ4n) is 3.44. The van der Waals surface area contributed by atoms with Crippen LogP contribution in [0, 0.1) is 20.2 Å². The molecule has 0 N–H and O–H groups in total. The van der Waals surface area contributed by atoms with Gasteiger partial charge in [-0.25, -0.2) is 0 Å². The van der Waals surface area contributed by atoms with E-state index in [0.717, 1.165) is 17.3 Å². The summed E-state index contributed by atoms with van der Waals surface area (Å²) in [7, 11) is 0. The Labute approximate surface area is 220 Å². The zero-order valence-electron chi connectivity index (χ0n) is 19.4. The molecule has 1 saturated heterocycles. The quantitative estimate of drug-likeness (QED) is 0.142. The van der Waals surface area contributed by atoms with Gasteiger partial charge in [-0.3, -0.25) is 29.9 Å². The lowest BCUT2D eigenvalue weighted by atomic mass is 10.1. The lowest BCUT2D eigenvalue weighted by molar-refractivity contribution is -0.385. The van der Waals surface area contributed by atoms with E-state index in [0.29, 0.717) is 38.6 Å². The van der Waals surface area contributed by atoms with Gasteiger partial charge in [0, 0.05) is 24.3 Å². The summed E-state index contributed by atoms with van der Waals surface area (Å²) < 4.78 is 11.9. The SMILES string of the molecule is CCOc1cc(/C=C2\SC(=S)N(c3ccc([N+](=O)[O-])cc3)C2=O)ccc1OCc1ccc([N+](=O)[O-])cc1. The van der Waals surface area contributed by atoms with E-state index in [9.17, 15) is 25.0 Å². The van der Waals surface area contributed by atoms with Gasteiger partial charge >= 0.3 is 0 Å². The van der Waals surface area contributed by atoms with E-state index in [1.54, 1.807) is 36.4 Å². The van der Waals surface area contributed by atoms with Crippen LogP contribution in [-0.4, -0.2) is 26.7 Å². The molecular weight excluding hydrogens is 518 g/mol. The minimum absolute atomic E-state index is 0.00194. The van der Waals surface area contributed by atoms with Crippen LogP contribution in [0.1, 0.15) is 18.1 Å². The number of ether oxygens (including phenoxy) is 2. The van der Waals surface area contributed by atoms with Gasteiger partial charge in [-0.15, -0.1) is 0 Å². The third-order valence-electron chi connectivity index (χ3n) is 5.22. The van der Waals surface area contributed by atoms with Gasteiger partial charge in [-0.1, -0.05) is 30.0 Å². The Morgan fingerprint density at radius 2 is 1.54 bits per heavy atom. The number of thioether (sulfide) groups is 1. The van der Waals surface area contributed by atoms with Crippen molar-refractivity contribution in [3.8, 4) is 11.5 Å². The van der Waals surface area contributed by atoms with E-state index >= 15 is 0 Å². The molecule has 0 bridgehead atoms. The first-order chi connectivity index (χ1) is 17.8. The van der Waals surface area contributed by atoms with Gasteiger partial charge in [0.15, 0.2) is 15.8 Å². The summed E-state index contributed by atoms with van der Waals surface area (Å²) >= 11 is 6.51. The topological polar surface area (TPSA) is 125 Å². The van der Waals surface area contributed by atoms with Crippen LogP contribution in [0.2, 0.25) is 0 Å². The molecule has 4 rings (SSSR count). The number of benzene rings is 3. The molecule has 188 valence electrons. The second kappa shape index (κ2) is 11.2. The zero-order valence-corrected chi connectivity index (χ0v) is 21.0. The second-order valence-electron chi connectivity index (χ2n) is 7.64. The molecule has 1 aliphatic rings. The Balaban J connectivity index is 1.51. The van der Waals surface area contributed by atoms with Crippen LogP contribution in [0.25, 0.3) is 6.08 Å². The van der Waals surface area contributed by atoms with Crippen molar-refractivity contribution in [3.63, 3.8) is 0 Å². The number of anilines is 1. The third-order valence-corrected chi connectivity index (χ3v) is 6.52. The van der Waals surface area contributed by atoms with Crippen molar-refractivity contribution in [1.82, 2.24) is 0 Å². The predicted octanol–water partition coefficient (Wildman–Crippen LogP) is 5.89. The molecule has 1 aliphatic heterocycles. The number of amides is 1. The van der Waals surface area contributed by atoms with E-state index in [2.05, 4.69) is 0 Å². The standard InChI is InChI=1S/C25H19N3O7S2/c1-2-34-22-13-17(5-12-21(22)35-15-16-3-6-19(7-4-16)27(30)31)14-23-24(29)26(25(36)37-23)18-8-10-20(11-9-18)28(32)33/h3-14H,2,15H2,1H3/b23-14-. The fourth-order valence-corrected chi connectivity index (χ4v) is 4.74. The molecule has 3 aromatic rings. The van der Waals surface area contributed by atoms with Crippen molar-refractivity contribution in [1.29, 1.82) is 0 Å². The summed E-state index contributed by atoms with van der Waals surface area (Å²) in [5.74, 6) is 0.625. The number of carbonyl (C=O) groups is 1. The summed E-state index contributed by atoms with van der Waals surface area (Å²) in [5, 5.41) is 21.7. The second-order valence-corrected chi connectivity index (χ2v) is 9.32. The number of nitro groups is 2. The summed E-state index contributed by atoms with van der Waals surface area (Å²) in [6.07, 6.45) is 1.69. The number of hydrogen-bond donors (Lipinski definition) is 0. The average molecular weight is 538 g/mol. The molecule has 0 unspecified atom stereocenters. The number of hydrogen-bond acceptors (Lipinski definition) is 9. The van der Waals surface area contributed by atoms with Crippen LogP contribution in [0.5, 0.6) is 11.5 Å². The maximum absolute atomic E-state index is 13.1. The van der Waals surface area contributed by atoms with Gasteiger partial charge < -0.3 is 9.47 Å². The summed E-state index contributed by atoms with van der Waals surface area (Å²) in [6, 6.07) is 16.9. The maximum atomic E-state index is 13.1. The zero-order chi connectivity index (χ0) is 26.5. The molecular formula is C25H19N3O7S2. The molecule has 37 heavy (non-hydrogen) atoms. The monoisotopic (exact) mass is 537 g/mol. The van der Waals surface area contributed by atoms with Gasteiger partial charge in [0.25, 0.3) is 17.3 Å². The van der Waals surface area contributed by atoms with Crippen molar-refractivity contribution in [2.45, 2.75) is 13.5 Å². The fraction of sp³-hybridized carbons (Fsp3) is 0.120. The van der Waals surface area contributed by atoms with Gasteiger partial charge in [0.05, 0.1) is 27.0 Å². The number of nitro benzene ring substituents is 2. The van der Waals surface area contributed by atoms with E-state index in [-0.39, 0.29) is 23.9 Å². The highest BCUT2D eigenvalue weighted by molar-refractivity contribution is 8.27.